The van der Waals surface area contributed by atoms with Crippen molar-refractivity contribution < 1.29 is 28.6 Å². The molecule has 0 N–H and O–H groups in total. The van der Waals surface area contributed by atoms with Gasteiger partial charge in [0, 0.05) is 13.8 Å². The maximum atomic E-state index is 12.9. The van der Waals surface area contributed by atoms with Crippen molar-refractivity contribution in [1.82, 2.24) is 0 Å². The van der Waals surface area contributed by atoms with E-state index in [1.807, 2.05) is 13.0 Å². The van der Waals surface area contributed by atoms with Crippen molar-refractivity contribution in [3.05, 3.63) is 77.6 Å². The van der Waals surface area contributed by atoms with E-state index in [2.05, 4.69) is 6.58 Å². The van der Waals surface area contributed by atoms with Crippen LogP contribution in [0, 0.1) is 5.92 Å². The maximum Gasteiger partial charge on any atom is 0.308 e. The van der Waals surface area contributed by atoms with Gasteiger partial charge in [-0.15, -0.1) is 0 Å². The summed E-state index contributed by atoms with van der Waals surface area (Å²) >= 11 is 0. The van der Waals surface area contributed by atoms with Crippen molar-refractivity contribution in [2.45, 2.75) is 27.2 Å². The summed E-state index contributed by atoms with van der Waals surface area (Å²) in [4.78, 5) is 35.6. The highest BCUT2D eigenvalue weighted by Gasteiger charge is 2.19. The smallest absolute Gasteiger partial charge is 0.308 e. The van der Waals surface area contributed by atoms with Crippen LogP contribution in [-0.2, 0) is 14.3 Å². The summed E-state index contributed by atoms with van der Waals surface area (Å²) in [5.41, 5.74) is 1.51. The molecule has 162 valence electrons. The average Bonchev–Trinajstić information content (AvgIpc) is 2.70. The van der Waals surface area contributed by atoms with E-state index in [1.165, 1.54) is 27.0 Å². The minimum absolute atomic E-state index is 0.0264. The van der Waals surface area contributed by atoms with Crippen LogP contribution in [0.1, 0.15) is 43.1 Å². The van der Waals surface area contributed by atoms with E-state index in [0.717, 1.165) is 5.57 Å². The van der Waals surface area contributed by atoms with Gasteiger partial charge in [-0.2, -0.15) is 0 Å². The van der Waals surface area contributed by atoms with Crippen LogP contribution in [0.15, 0.2) is 66.5 Å². The van der Waals surface area contributed by atoms with Crippen molar-refractivity contribution in [2.75, 3.05) is 7.11 Å². The monoisotopic (exact) mass is 422 g/mol. The van der Waals surface area contributed by atoms with Gasteiger partial charge in [0.2, 0.25) is 0 Å². The van der Waals surface area contributed by atoms with Crippen LogP contribution in [-0.4, -0.2) is 24.8 Å². The quantitative estimate of drug-likeness (QED) is 0.193. The number of rotatable bonds is 8. The molecule has 0 bridgehead atoms. The standard InChI is InChI=1S/C25H26O6/c1-16(2)6-12-22-24(29-5)15-13-21(25(22)31-18(4)27)23(28)14-9-19-7-10-20(11-8-19)30-17(3)26/h6-7,9-15,19H,1,8H2,2-5H3. The Kier molecular flexibility index (Phi) is 8.32. The van der Waals surface area contributed by atoms with Gasteiger partial charge in [0.05, 0.1) is 18.2 Å². The molecular formula is C25H26O6. The van der Waals surface area contributed by atoms with E-state index >= 15 is 0 Å². The molecular weight excluding hydrogens is 396 g/mol. The number of hydrogen-bond acceptors (Lipinski definition) is 6. The Balaban J connectivity index is 2.32. The van der Waals surface area contributed by atoms with E-state index in [-0.39, 0.29) is 29.0 Å². The van der Waals surface area contributed by atoms with Crippen LogP contribution in [0.25, 0.3) is 6.08 Å². The Morgan fingerprint density at radius 1 is 1.06 bits per heavy atom. The molecule has 0 saturated heterocycles. The topological polar surface area (TPSA) is 78.9 Å². The van der Waals surface area contributed by atoms with Crippen LogP contribution in [0.5, 0.6) is 11.5 Å². The van der Waals surface area contributed by atoms with Crippen molar-refractivity contribution in [2.24, 2.45) is 5.92 Å². The summed E-state index contributed by atoms with van der Waals surface area (Å²) < 4.78 is 15.8. The molecule has 0 spiro atoms. The van der Waals surface area contributed by atoms with Gasteiger partial charge in [0.15, 0.2) is 11.5 Å². The Morgan fingerprint density at radius 2 is 1.77 bits per heavy atom. The largest absolute Gasteiger partial charge is 0.496 e. The molecule has 6 nitrogen and oxygen atoms in total. The fraction of sp³-hybridized carbons (Fsp3) is 0.240. The molecule has 0 heterocycles. The van der Waals surface area contributed by atoms with Crippen LogP contribution in [0.2, 0.25) is 0 Å². The van der Waals surface area contributed by atoms with Crippen LogP contribution < -0.4 is 9.47 Å². The summed E-state index contributed by atoms with van der Waals surface area (Å²) in [7, 11) is 1.50. The van der Waals surface area contributed by atoms with E-state index in [1.54, 1.807) is 42.5 Å². The minimum atomic E-state index is -0.547. The zero-order valence-electron chi connectivity index (χ0n) is 18.1. The van der Waals surface area contributed by atoms with E-state index in [0.29, 0.717) is 23.5 Å². The van der Waals surface area contributed by atoms with E-state index in [9.17, 15) is 14.4 Å². The first-order chi connectivity index (χ1) is 14.7. The van der Waals surface area contributed by atoms with Crippen molar-refractivity contribution in [3.8, 4) is 11.5 Å². The molecule has 0 fully saturated rings. The zero-order chi connectivity index (χ0) is 23.0. The van der Waals surface area contributed by atoms with E-state index in [4.69, 9.17) is 14.2 Å². The molecule has 1 aromatic rings. The summed E-state index contributed by atoms with van der Waals surface area (Å²) in [6.07, 6.45) is 12.6. The summed E-state index contributed by atoms with van der Waals surface area (Å²) in [6, 6.07) is 3.22. The second-order valence-electron chi connectivity index (χ2n) is 7.01. The lowest BCUT2D eigenvalue weighted by Gasteiger charge is -2.14. The van der Waals surface area contributed by atoms with Crippen LogP contribution in [0.3, 0.4) is 0 Å². The number of carbonyl (C=O) groups excluding carboxylic acids is 3. The lowest BCUT2D eigenvalue weighted by Crippen LogP contribution is -2.09. The van der Waals surface area contributed by atoms with Gasteiger partial charge < -0.3 is 14.2 Å². The van der Waals surface area contributed by atoms with Gasteiger partial charge in [-0.05, 0) is 55.7 Å². The maximum absolute atomic E-state index is 12.9. The van der Waals surface area contributed by atoms with Gasteiger partial charge in [0.1, 0.15) is 11.5 Å². The van der Waals surface area contributed by atoms with Gasteiger partial charge >= 0.3 is 11.9 Å². The normalized spacial score (nSPS) is 15.6. The fourth-order valence-corrected chi connectivity index (χ4v) is 2.89. The predicted molar refractivity (Wildman–Crippen MR) is 119 cm³/mol. The van der Waals surface area contributed by atoms with Crippen molar-refractivity contribution in [3.63, 3.8) is 0 Å². The molecule has 1 aromatic carbocycles. The number of allylic oxidation sites excluding steroid dienone is 7. The average molecular weight is 422 g/mol. The second kappa shape index (κ2) is 10.9. The highest BCUT2D eigenvalue weighted by atomic mass is 16.5. The fourth-order valence-electron chi connectivity index (χ4n) is 2.89. The van der Waals surface area contributed by atoms with Crippen molar-refractivity contribution in [1.29, 1.82) is 0 Å². The molecule has 2 rings (SSSR count). The molecule has 1 unspecified atom stereocenters. The molecule has 6 heteroatoms. The number of ketones is 1. The first-order valence-corrected chi connectivity index (χ1v) is 9.73. The van der Waals surface area contributed by atoms with Gasteiger partial charge in [-0.1, -0.05) is 30.4 Å². The third kappa shape index (κ3) is 6.96. The number of esters is 2. The van der Waals surface area contributed by atoms with Crippen LogP contribution in [0.4, 0.5) is 0 Å². The SMILES string of the molecule is C=C(C)C=Cc1c(OC)ccc(C(=O)C=CC2C=CC(OC(C)=O)=CC2)c1OC(C)=O. The van der Waals surface area contributed by atoms with Gasteiger partial charge in [-0.3, -0.25) is 14.4 Å². The van der Waals surface area contributed by atoms with Crippen molar-refractivity contribution >= 4 is 23.8 Å². The molecule has 0 amide bonds. The lowest BCUT2D eigenvalue weighted by atomic mass is 9.97. The highest BCUT2D eigenvalue weighted by molar-refractivity contribution is 6.08. The number of carbonyl (C=O) groups is 3. The van der Waals surface area contributed by atoms with Gasteiger partial charge in [0.25, 0.3) is 0 Å². The molecule has 0 aliphatic heterocycles. The Bertz CT molecular complexity index is 1010. The van der Waals surface area contributed by atoms with E-state index < -0.39 is 5.97 Å². The second-order valence-corrected chi connectivity index (χ2v) is 7.01. The summed E-state index contributed by atoms with van der Waals surface area (Å²) in [6.45, 7) is 8.26. The number of ether oxygens (including phenoxy) is 3. The highest BCUT2D eigenvalue weighted by Crippen LogP contribution is 2.35. The number of hydrogen-bond donors (Lipinski definition) is 0. The Labute approximate surface area is 182 Å². The number of methoxy groups -OCH3 is 1. The molecule has 0 saturated carbocycles. The molecule has 31 heavy (non-hydrogen) atoms. The zero-order valence-corrected chi connectivity index (χ0v) is 18.1. The molecule has 1 aliphatic rings. The summed E-state index contributed by atoms with van der Waals surface area (Å²) in [5.74, 6) is -0.176. The van der Waals surface area contributed by atoms with Gasteiger partial charge in [-0.25, -0.2) is 0 Å². The lowest BCUT2D eigenvalue weighted by molar-refractivity contribution is -0.136. The first-order valence-electron chi connectivity index (χ1n) is 9.73. The predicted octanol–water partition coefficient (Wildman–Crippen LogP) is 4.97. The number of benzene rings is 1. The molecule has 0 aromatic heterocycles. The Morgan fingerprint density at radius 3 is 2.32 bits per heavy atom. The third-order valence-electron chi connectivity index (χ3n) is 4.28. The Hall–Kier alpha value is -3.67. The summed E-state index contributed by atoms with van der Waals surface area (Å²) in [5, 5.41) is 0. The molecule has 1 aliphatic carbocycles. The third-order valence-corrected chi connectivity index (χ3v) is 4.28. The first kappa shape index (κ1) is 23.6. The minimum Gasteiger partial charge on any atom is -0.496 e. The molecule has 0 radical (unpaired) electrons. The molecule has 1 atom stereocenters. The van der Waals surface area contributed by atoms with Crippen LogP contribution >= 0.6 is 0 Å².